The average Bonchev–Trinajstić information content (AvgIpc) is 2.68. The molecule has 26 heavy (non-hydrogen) atoms. The van der Waals surface area contributed by atoms with Crippen molar-refractivity contribution in [1.82, 2.24) is 15.2 Å². The average molecular weight is 351 g/mol. The summed E-state index contributed by atoms with van der Waals surface area (Å²) < 4.78 is 11.0. The Balaban J connectivity index is 1.71. The topological polar surface area (TPSA) is 81.2 Å². The number of nitrogens with one attached hydrogen (secondary N) is 2. The van der Waals surface area contributed by atoms with Gasteiger partial charge >= 0.3 is 0 Å². The van der Waals surface area contributed by atoms with E-state index < -0.39 is 0 Å². The number of methoxy groups -OCH3 is 1. The summed E-state index contributed by atoms with van der Waals surface area (Å²) in [5, 5.41) is 14.4. The van der Waals surface area contributed by atoms with E-state index >= 15 is 0 Å². The summed E-state index contributed by atoms with van der Waals surface area (Å²) in [6.07, 6.45) is 1.58. The summed E-state index contributed by atoms with van der Waals surface area (Å²) in [6.45, 7) is 3.09. The van der Waals surface area contributed by atoms with Crippen molar-refractivity contribution in [3.63, 3.8) is 0 Å². The smallest absolute Gasteiger partial charge is 0.249 e. The molecule has 0 bridgehead atoms. The predicted octanol–water partition coefficient (Wildman–Crippen LogP) is 3.63. The molecule has 0 saturated heterocycles. The fraction of sp³-hybridized carbons (Fsp3) is 0.211. The van der Waals surface area contributed by atoms with Gasteiger partial charge in [-0.2, -0.15) is 10.1 Å². The Morgan fingerprint density at radius 3 is 2.58 bits per heavy atom. The van der Waals surface area contributed by atoms with Gasteiger partial charge in [0.05, 0.1) is 25.6 Å². The van der Waals surface area contributed by atoms with Gasteiger partial charge in [-0.05, 0) is 25.1 Å². The van der Waals surface area contributed by atoms with Gasteiger partial charge in [0.15, 0.2) is 5.82 Å². The number of nitrogens with zero attached hydrogens (tertiary/aromatic N) is 3. The summed E-state index contributed by atoms with van der Waals surface area (Å²) in [7, 11) is 1.66. The molecule has 7 nitrogen and oxygen atoms in total. The minimum absolute atomic E-state index is 0.391. The van der Waals surface area contributed by atoms with Crippen LogP contribution in [0.4, 0.5) is 17.5 Å². The van der Waals surface area contributed by atoms with E-state index in [1.54, 1.807) is 13.3 Å². The van der Waals surface area contributed by atoms with Gasteiger partial charge in [-0.1, -0.05) is 30.3 Å². The van der Waals surface area contributed by atoms with Crippen LogP contribution in [0.5, 0.6) is 11.5 Å². The number of anilines is 3. The monoisotopic (exact) mass is 351 g/mol. The Morgan fingerprint density at radius 1 is 1.00 bits per heavy atom. The quantitative estimate of drug-likeness (QED) is 0.641. The zero-order valence-corrected chi connectivity index (χ0v) is 14.8. The SMILES string of the molecule is CCOc1ccccc1Nc1nncc(NCc2ccccc2OC)n1. The lowest BCUT2D eigenvalue weighted by molar-refractivity contribution is 0.342. The maximum absolute atomic E-state index is 5.60. The van der Waals surface area contributed by atoms with Gasteiger partial charge in [-0.15, -0.1) is 5.10 Å². The number of benzene rings is 2. The Kier molecular flexibility index (Phi) is 5.82. The number of aromatic nitrogens is 3. The van der Waals surface area contributed by atoms with E-state index in [2.05, 4.69) is 25.8 Å². The summed E-state index contributed by atoms with van der Waals surface area (Å²) in [4.78, 5) is 4.45. The molecule has 0 unspecified atom stereocenters. The molecule has 0 spiro atoms. The van der Waals surface area contributed by atoms with Crippen molar-refractivity contribution in [2.45, 2.75) is 13.5 Å². The lowest BCUT2D eigenvalue weighted by atomic mass is 10.2. The lowest BCUT2D eigenvalue weighted by Crippen LogP contribution is -2.07. The first-order valence-electron chi connectivity index (χ1n) is 8.34. The van der Waals surface area contributed by atoms with Crippen LogP contribution in [0.25, 0.3) is 0 Å². The second-order valence-corrected chi connectivity index (χ2v) is 5.38. The van der Waals surface area contributed by atoms with Crippen molar-refractivity contribution in [2.75, 3.05) is 24.4 Å². The van der Waals surface area contributed by atoms with Crippen LogP contribution in [0.1, 0.15) is 12.5 Å². The highest BCUT2D eigenvalue weighted by atomic mass is 16.5. The Morgan fingerprint density at radius 2 is 1.77 bits per heavy atom. The van der Waals surface area contributed by atoms with Crippen LogP contribution < -0.4 is 20.1 Å². The summed E-state index contributed by atoms with van der Waals surface area (Å²) in [6, 6.07) is 15.5. The first kappa shape index (κ1) is 17.5. The molecule has 2 N–H and O–H groups in total. The van der Waals surface area contributed by atoms with Gasteiger partial charge in [0.2, 0.25) is 5.95 Å². The fourth-order valence-electron chi connectivity index (χ4n) is 2.45. The molecular weight excluding hydrogens is 330 g/mol. The number of hydrogen-bond acceptors (Lipinski definition) is 7. The second-order valence-electron chi connectivity index (χ2n) is 5.38. The van der Waals surface area contributed by atoms with E-state index in [1.165, 1.54) is 0 Å². The molecule has 1 aromatic heterocycles. The van der Waals surface area contributed by atoms with Crippen molar-refractivity contribution < 1.29 is 9.47 Å². The van der Waals surface area contributed by atoms with Gasteiger partial charge in [0.1, 0.15) is 11.5 Å². The molecule has 3 rings (SSSR count). The van der Waals surface area contributed by atoms with Crippen LogP contribution in [-0.2, 0) is 6.54 Å². The Bertz CT molecular complexity index is 857. The molecule has 3 aromatic rings. The number of hydrogen-bond donors (Lipinski definition) is 2. The molecule has 7 heteroatoms. The van der Waals surface area contributed by atoms with Crippen LogP contribution in [-0.4, -0.2) is 28.9 Å². The Hall–Kier alpha value is -3.35. The van der Waals surface area contributed by atoms with Crippen molar-refractivity contribution >= 4 is 17.5 Å². The molecule has 0 fully saturated rings. The van der Waals surface area contributed by atoms with Crippen molar-refractivity contribution in [3.8, 4) is 11.5 Å². The van der Waals surface area contributed by atoms with Gasteiger partial charge in [-0.25, -0.2) is 0 Å². The van der Waals surface area contributed by atoms with E-state index in [-0.39, 0.29) is 0 Å². The molecule has 0 saturated carbocycles. The van der Waals surface area contributed by atoms with E-state index in [0.717, 1.165) is 22.7 Å². The first-order chi connectivity index (χ1) is 12.8. The molecule has 0 aliphatic heterocycles. The maximum atomic E-state index is 5.60. The summed E-state index contributed by atoms with van der Waals surface area (Å²) in [5.41, 5.74) is 1.82. The van der Waals surface area contributed by atoms with Gasteiger partial charge in [-0.3, -0.25) is 0 Å². The highest BCUT2D eigenvalue weighted by Crippen LogP contribution is 2.26. The van der Waals surface area contributed by atoms with Gasteiger partial charge in [0.25, 0.3) is 0 Å². The molecular formula is C19H21N5O2. The lowest BCUT2D eigenvalue weighted by Gasteiger charge is -2.12. The fourth-order valence-corrected chi connectivity index (χ4v) is 2.45. The van der Waals surface area contributed by atoms with Crippen LogP contribution >= 0.6 is 0 Å². The highest BCUT2D eigenvalue weighted by Gasteiger charge is 2.07. The molecule has 0 aliphatic rings. The highest BCUT2D eigenvalue weighted by molar-refractivity contribution is 5.62. The van der Waals surface area contributed by atoms with E-state index in [1.807, 2.05) is 55.5 Å². The number of ether oxygens (including phenoxy) is 2. The van der Waals surface area contributed by atoms with Crippen LogP contribution in [0.3, 0.4) is 0 Å². The molecule has 0 amide bonds. The standard InChI is InChI=1S/C19H21N5O2/c1-3-26-17-11-7-5-9-15(17)22-19-23-18(13-21-24-19)20-12-14-8-4-6-10-16(14)25-2/h4-11,13H,3,12H2,1-2H3,(H2,20,22,23,24). The molecule has 0 atom stereocenters. The second kappa shape index (κ2) is 8.66. The maximum Gasteiger partial charge on any atom is 0.249 e. The minimum atomic E-state index is 0.391. The van der Waals surface area contributed by atoms with Crippen molar-refractivity contribution in [3.05, 3.63) is 60.3 Å². The minimum Gasteiger partial charge on any atom is -0.496 e. The van der Waals surface area contributed by atoms with E-state index in [0.29, 0.717) is 24.9 Å². The van der Waals surface area contributed by atoms with Crippen LogP contribution in [0, 0.1) is 0 Å². The largest absolute Gasteiger partial charge is 0.496 e. The third-order valence-electron chi connectivity index (χ3n) is 3.64. The number of rotatable bonds is 8. The molecule has 0 radical (unpaired) electrons. The third-order valence-corrected chi connectivity index (χ3v) is 3.64. The summed E-state index contributed by atoms with van der Waals surface area (Å²) in [5.74, 6) is 2.57. The van der Waals surface area contributed by atoms with E-state index in [9.17, 15) is 0 Å². The zero-order valence-electron chi connectivity index (χ0n) is 14.8. The Labute approximate surface area is 152 Å². The van der Waals surface area contributed by atoms with Crippen LogP contribution in [0.15, 0.2) is 54.7 Å². The van der Waals surface area contributed by atoms with Crippen molar-refractivity contribution in [2.24, 2.45) is 0 Å². The van der Waals surface area contributed by atoms with Gasteiger partial charge in [0, 0.05) is 12.1 Å². The van der Waals surface area contributed by atoms with Gasteiger partial charge < -0.3 is 20.1 Å². The number of para-hydroxylation sites is 3. The normalized spacial score (nSPS) is 10.2. The third kappa shape index (κ3) is 4.38. The van der Waals surface area contributed by atoms with Crippen LogP contribution in [0.2, 0.25) is 0 Å². The predicted molar refractivity (Wildman–Crippen MR) is 101 cm³/mol. The summed E-state index contributed by atoms with van der Waals surface area (Å²) >= 11 is 0. The molecule has 134 valence electrons. The zero-order chi connectivity index (χ0) is 18.2. The first-order valence-corrected chi connectivity index (χ1v) is 8.34. The molecule has 2 aromatic carbocycles. The molecule has 1 heterocycles. The van der Waals surface area contributed by atoms with Crippen molar-refractivity contribution in [1.29, 1.82) is 0 Å². The van der Waals surface area contributed by atoms with E-state index in [4.69, 9.17) is 9.47 Å². The molecule has 0 aliphatic carbocycles.